The van der Waals surface area contributed by atoms with Crippen molar-refractivity contribution >= 4 is 0 Å². The van der Waals surface area contributed by atoms with Crippen molar-refractivity contribution in [1.29, 1.82) is 0 Å². The second-order valence-electron chi connectivity index (χ2n) is 4.70. The van der Waals surface area contributed by atoms with Crippen molar-refractivity contribution in [2.24, 2.45) is 5.92 Å². The van der Waals surface area contributed by atoms with Gasteiger partial charge in [-0.2, -0.15) is 0 Å². The Hall–Kier alpha value is -0.860. The molecule has 0 radical (unpaired) electrons. The first-order valence-electron chi connectivity index (χ1n) is 6.28. The van der Waals surface area contributed by atoms with Gasteiger partial charge in [0.1, 0.15) is 0 Å². The van der Waals surface area contributed by atoms with Crippen LogP contribution < -0.4 is 5.32 Å². The van der Waals surface area contributed by atoms with E-state index in [1.807, 2.05) is 6.07 Å². The highest BCUT2D eigenvalue weighted by Gasteiger charge is 2.23. The van der Waals surface area contributed by atoms with E-state index in [0.29, 0.717) is 18.6 Å². The van der Waals surface area contributed by atoms with Crippen molar-refractivity contribution in [3.05, 3.63) is 35.9 Å². The van der Waals surface area contributed by atoms with Gasteiger partial charge in [0.05, 0.1) is 0 Å². The first-order valence-corrected chi connectivity index (χ1v) is 6.28. The molecule has 2 heteroatoms. The van der Waals surface area contributed by atoms with Crippen LogP contribution >= 0.6 is 0 Å². The standard InChI is InChI=1S/C14H21NO/c16-11-13-8-4-5-9-14(13)15-10-12-6-2-1-3-7-12/h1-3,6-7,13-16H,4-5,8-11H2/t13-,14?/m1/s1. The summed E-state index contributed by atoms with van der Waals surface area (Å²) in [5, 5.41) is 12.9. The molecule has 1 unspecified atom stereocenters. The van der Waals surface area contributed by atoms with Gasteiger partial charge in [0.25, 0.3) is 0 Å². The molecule has 2 nitrogen and oxygen atoms in total. The molecule has 0 amide bonds. The highest BCUT2D eigenvalue weighted by atomic mass is 16.3. The molecular weight excluding hydrogens is 198 g/mol. The Kier molecular flexibility index (Phi) is 4.37. The van der Waals surface area contributed by atoms with Crippen LogP contribution in [0.1, 0.15) is 31.2 Å². The zero-order chi connectivity index (χ0) is 11.2. The molecule has 1 aliphatic rings. The number of hydrogen-bond acceptors (Lipinski definition) is 2. The second kappa shape index (κ2) is 6.02. The SMILES string of the molecule is OC[C@H]1CCCCC1NCc1ccccc1. The first-order chi connectivity index (χ1) is 7.90. The average molecular weight is 219 g/mol. The molecule has 1 saturated carbocycles. The number of rotatable bonds is 4. The van der Waals surface area contributed by atoms with Crippen LogP contribution in [0.2, 0.25) is 0 Å². The minimum Gasteiger partial charge on any atom is -0.396 e. The molecule has 1 fully saturated rings. The Labute approximate surface area is 97.7 Å². The number of aliphatic hydroxyl groups is 1. The molecule has 2 rings (SSSR count). The number of aliphatic hydroxyl groups excluding tert-OH is 1. The number of hydrogen-bond donors (Lipinski definition) is 2. The van der Waals surface area contributed by atoms with E-state index in [-0.39, 0.29) is 0 Å². The fraction of sp³-hybridized carbons (Fsp3) is 0.571. The maximum absolute atomic E-state index is 9.32. The molecule has 1 aliphatic carbocycles. The second-order valence-corrected chi connectivity index (χ2v) is 4.70. The van der Waals surface area contributed by atoms with Gasteiger partial charge in [0.2, 0.25) is 0 Å². The molecule has 0 bridgehead atoms. The Morgan fingerprint density at radius 3 is 2.62 bits per heavy atom. The Bertz CT molecular complexity index is 299. The van der Waals surface area contributed by atoms with E-state index in [9.17, 15) is 5.11 Å². The van der Waals surface area contributed by atoms with Crippen molar-refractivity contribution in [1.82, 2.24) is 5.32 Å². The Morgan fingerprint density at radius 1 is 1.12 bits per heavy atom. The normalized spacial score (nSPS) is 25.6. The zero-order valence-corrected chi connectivity index (χ0v) is 9.73. The summed E-state index contributed by atoms with van der Waals surface area (Å²) in [4.78, 5) is 0. The quantitative estimate of drug-likeness (QED) is 0.814. The van der Waals surface area contributed by atoms with E-state index in [4.69, 9.17) is 0 Å². The molecule has 0 heterocycles. The van der Waals surface area contributed by atoms with E-state index >= 15 is 0 Å². The van der Waals surface area contributed by atoms with Crippen LogP contribution in [0, 0.1) is 5.92 Å². The zero-order valence-electron chi connectivity index (χ0n) is 9.73. The number of benzene rings is 1. The summed E-state index contributed by atoms with van der Waals surface area (Å²) < 4.78 is 0. The summed E-state index contributed by atoms with van der Waals surface area (Å²) in [6.07, 6.45) is 4.94. The molecule has 2 N–H and O–H groups in total. The third-order valence-electron chi connectivity index (χ3n) is 3.55. The largest absolute Gasteiger partial charge is 0.396 e. The van der Waals surface area contributed by atoms with Crippen LogP contribution in [-0.4, -0.2) is 17.8 Å². The van der Waals surface area contributed by atoms with Crippen LogP contribution in [0.5, 0.6) is 0 Å². The van der Waals surface area contributed by atoms with Crippen molar-refractivity contribution in [3.8, 4) is 0 Å². The first kappa shape index (κ1) is 11.6. The van der Waals surface area contributed by atoms with Gasteiger partial charge in [-0.1, -0.05) is 43.2 Å². The predicted octanol–water partition coefficient (Wildman–Crippen LogP) is 2.33. The van der Waals surface area contributed by atoms with Gasteiger partial charge in [-0.05, 0) is 24.3 Å². The smallest absolute Gasteiger partial charge is 0.0474 e. The maximum atomic E-state index is 9.32. The highest BCUT2D eigenvalue weighted by Crippen LogP contribution is 2.24. The third kappa shape index (κ3) is 3.06. The summed E-state index contributed by atoms with van der Waals surface area (Å²) in [6.45, 7) is 1.24. The van der Waals surface area contributed by atoms with Gasteiger partial charge in [-0.15, -0.1) is 0 Å². The van der Waals surface area contributed by atoms with Gasteiger partial charge >= 0.3 is 0 Å². The molecule has 1 aromatic carbocycles. The maximum Gasteiger partial charge on any atom is 0.0474 e. The lowest BCUT2D eigenvalue weighted by Gasteiger charge is -2.31. The minimum absolute atomic E-state index is 0.326. The number of nitrogens with one attached hydrogen (secondary N) is 1. The summed E-state index contributed by atoms with van der Waals surface area (Å²) in [5.74, 6) is 0.456. The van der Waals surface area contributed by atoms with Gasteiger partial charge in [-0.25, -0.2) is 0 Å². The van der Waals surface area contributed by atoms with Gasteiger partial charge in [0, 0.05) is 19.2 Å². The molecular formula is C14H21NO. The Morgan fingerprint density at radius 2 is 1.88 bits per heavy atom. The van der Waals surface area contributed by atoms with E-state index in [1.54, 1.807) is 0 Å². The lowest BCUT2D eigenvalue weighted by Crippen LogP contribution is -2.39. The fourth-order valence-corrected chi connectivity index (χ4v) is 2.54. The van der Waals surface area contributed by atoms with Crippen LogP contribution in [0.3, 0.4) is 0 Å². The lowest BCUT2D eigenvalue weighted by molar-refractivity contribution is 0.152. The van der Waals surface area contributed by atoms with E-state index in [2.05, 4.69) is 29.6 Å². The Balaban J connectivity index is 1.84. The predicted molar refractivity (Wildman–Crippen MR) is 66.1 cm³/mol. The molecule has 0 aliphatic heterocycles. The summed E-state index contributed by atoms with van der Waals surface area (Å²) in [6, 6.07) is 11.0. The van der Waals surface area contributed by atoms with E-state index in [1.165, 1.54) is 31.2 Å². The molecule has 88 valence electrons. The van der Waals surface area contributed by atoms with Crippen molar-refractivity contribution < 1.29 is 5.11 Å². The molecule has 16 heavy (non-hydrogen) atoms. The lowest BCUT2D eigenvalue weighted by atomic mass is 9.85. The fourth-order valence-electron chi connectivity index (χ4n) is 2.54. The molecule has 2 atom stereocenters. The third-order valence-corrected chi connectivity index (χ3v) is 3.55. The van der Waals surface area contributed by atoms with Gasteiger partial charge in [-0.3, -0.25) is 0 Å². The van der Waals surface area contributed by atoms with Crippen LogP contribution in [0.15, 0.2) is 30.3 Å². The molecule has 0 saturated heterocycles. The van der Waals surface area contributed by atoms with Crippen molar-refractivity contribution in [2.45, 2.75) is 38.3 Å². The summed E-state index contributed by atoms with van der Waals surface area (Å²) in [7, 11) is 0. The highest BCUT2D eigenvalue weighted by molar-refractivity contribution is 5.14. The van der Waals surface area contributed by atoms with Crippen LogP contribution in [0.4, 0.5) is 0 Å². The monoisotopic (exact) mass is 219 g/mol. The summed E-state index contributed by atoms with van der Waals surface area (Å²) in [5.41, 5.74) is 1.32. The molecule has 0 spiro atoms. The topological polar surface area (TPSA) is 32.3 Å². The van der Waals surface area contributed by atoms with Crippen LogP contribution in [-0.2, 0) is 6.54 Å². The van der Waals surface area contributed by atoms with E-state index < -0.39 is 0 Å². The van der Waals surface area contributed by atoms with Gasteiger partial charge in [0.15, 0.2) is 0 Å². The minimum atomic E-state index is 0.326. The average Bonchev–Trinajstić information content (AvgIpc) is 2.38. The van der Waals surface area contributed by atoms with Crippen molar-refractivity contribution in [3.63, 3.8) is 0 Å². The van der Waals surface area contributed by atoms with Gasteiger partial charge < -0.3 is 10.4 Å². The van der Waals surface area contributed by atoms with E-state index in [0.717, 1.165) is 6.54 Å². The summed E-state index contributed by atoms with van der Waals surface area (Å²) >= 11 is 0. The van der Waals surface area contributed by atoms with Crippen molar-refractivity contribution in [2.75, 3.05) is 6.61 Å². The molecule has 0 aromatic heterocycles. The molecule has 1 aromatic rings. The van der Waals surface area contributed by atoms with Crippen LogP contribution in [0.25, 0.3) is 0 Å².